The first-order valence-electron chi connectivity index (χ1n) is 7.34. The molecule has 2 rings (SSSR count). The summed E-state index contributed by atoms with van der Waals surface area (Å²) < 4.78 is 0.949. The van der Waals surface area contributed by atoms with Gasteiger partial charge in [-0.05, 0) is 44.4 Å². The van der Waals surface area contributed by atoms with Gasteiger partial charge in [-0.1, -0.05) is 28.1 Å². The third kappa shape index (κ3) is 4.40. The highest BCUT2D eigenvalue weighted by Gasteiger charge is 2.24. The Balaban J connectivity index is 1.83. The van der Waals surface area contributed by atoms with E-state index in [1.54, 1.807) is 0 Å². The Morgan fingerprint density at radius 2 is 2.30 bits per heavy atom. The van der Waals surface area contributed by atoms with Crippen molar-refractivity contribution in [2.24, 2.45) is 0 Å². The Bertz CT molecular complexity index is 450. The van der Waals surface area contributed by atoms with Crippen LogP contribution in [0.1, 0.15) is 42.5 Å². The zero-order valence-electron chi connectivity index (χ0n) is 11.7. The Kier molecular flexibility index (Phi) is 6.20. The molecule has 4 heteroatoms. The number of aliphatic hydroxyl groups is 1. The minimum Gasteiger partial charge on any atom is -0.396 e. The van der Waals surface area contributed by atoms with E-state index < -0.39 is 0 Å². The van der Waals surface area contributed by atoms with Gasteiger partial charge in [0.25, 0.3) is 0 Å². The number of aliphatic hydroxyl groups excluding tert-OH is 1. The van der Waals surface area contributed by atoms with Crippen molar-refractivity contribution >= 4 is 21.7 Å². The number of ketones is 1. The van der Waals surface area contributed by atoms with Gasteiger partial charge >= 0.3 is 0 Å². The molecular weight excluding hydrogens is 318 g/mol. The molecular formula is C16H22BrNO2. The maximum absolute atomic E-state index is 12.2. The van der Waals surface area contributed by atoms with Crippen LogP contribution in [0.4, 0.5) is 0 Å². The molecule has 3 nitrogen and oxygen atoms in total. The number of carbonyl (C=O) groups is 1. The lowest BCUT2D eigenvalue weighted by atomic mass is 10.1. The lowest BCUT2D eigenvalue weighted by Crippen LogP contribution is -2.31. The Morgan fingerprint density at radius 1 is 1.45 bits per heavy atom. The average molecular weight is 340 g/mol. The molecule has 1 aromatic rings. The summed E-state index contributed by atoms with van der Waals surface area (Å²) in [7, 11) is 0. The molecule has 20 heavy (non-hydrogen) atoms. The highest BCUT2D eigenvalue weighted by molar-refractivity contribution is 9.10. The molecule has 1 heterocycles. The molecule has 110 valence electrons. The summed E-state index contributed by atoms with van der Waals surface area (Å²) in [5, 5.41) is 8.93. The van der Waals surface area contributed by atoms with E-state index in [4.69, 9.17) is 5.11 Å². The number of nitrogens with zero attached hydrogens (tertiary/aromatic N) is 1. The number of halogens is 1. The third-order valence-electron chi connectivity index (χ3n) is 3.97. The number of rotatable bonds is 7. The number of Topliss-reactive ketones (excluding diaryl/α,β-unsaturated/α-hetero) is 1. The number of benzene rings is 1. The molecule has 0 aromatic heterocycles. The summed E-state index contributed by atoms with van der Waals surface area (Å²) in [5.41, 5.74) is 0.783. The van der Waals surface area contributed by atoms with Crippen molar-refractivity contribution in [3.63, 3.8) is 0 Å². The summed E-state index contributed by atoms with van der Waals surface area (Å²) in [5.74, 6) is 0.208. The Hall–Kier alpha value is -0.710. The first kappa shape index (κ1) is 15.7. The second-order valence-corrected chi connectivity index (χ2v) is 6.30. The van der Waals surface area contributed by atoms with E-state index in [0.717, 1.165) is 36.0 Å². The molecule has 1 fully saturated rings. The lowest BCUT2D eigenvalue weighted by molar-refractivity contribution is 0.0958. The fourth-order valence-corrected chi connectivity index (χ4v) is 3.29. The van der Waals surface area contributed by atoms with E-state index in [1.807, 2.05) is 24.3 Å². The van der Waals surface area contributed by atoms with E-state index in [-0.39, 0.29) is 12.4 Å². The Morgan fingerprint density at radius 3 is 3.05 bits per heavy atom. The molecule has 1 atom stereocenters. The summed E-state index contributed by atoms with van der Waals surface area (Å²) in [6.07, 6.45) is 4.89. The zero-order chi connectivity index (χ0) is 14.4. The van der Waals surface area contributed by atoms with Crippen molar-refractivity contribution < 1.29 is 9.90 Å². The van der Waals surface area contributed by atoms with Crippen LogP contribution in [-0.2, 0) is 0 Å². The number of likely N-dealkylation sites (tertiary alicyclic amines) is 1. The van der Waals surface area contributed by atoms with Gasteiger partial charge in [0.15, 0.2) is 5.78 Å². The molecule has 0 radical (unpaired) electrons. The number of hydrogen-bond acceptors (Lipinski definition) is 3. The summed E-state index contributed by atoms with van der Waals surface area (Å²) in [6, 6.07) is 8.15. The molecule has 1 unspecified atom stereocenters. The first-order valence-corrected chi connectivity index (χ1v) is 8.13. The van der Waals surface area contributed by atoms with E-state index >= 15 is 0 Å². The van der Waals surface area contributed by atoms with Crippen LogP contribution in [0.5, 0.6) is 0 Å². The third-order valence-corrected chi connectivity index (χ3v) is 4.46. The van der Waals surface area contributed by atoms with Crippen LogP contribution in [0.2, 0.25) is 0 Å². The molecule has 1 aromatic carbocycles. The summed E-state index contributed by atoms with van der Waals surface area (Å²) in [6.45, 7) is 2.19. The topological polar surface area (TPSA) is 40.5 Å². The summed E-state index contributed by atoms with van der Waals surface area (Å²) in [4.78, 5) is 14.6. The quantitative estimate of drug-likeness (QED) is 0.775. The van der Waals surface area contributed by atoms with Gasteiger partial charge < -0.3 is 5.11 Å². The molecule has 1 saturated heterocycles. The molecule has 0 saturated carbocycles. The number of hydrogen-bond donors (Lipinski definition) is 1. The van der Waals surface area contributed by atoms with E-state index in [0.29, 0.717) is 12.5 Å². The maximum atomic E-state index is 12.2. The van der Waals surface area contributed by atoms with Crippen molar-refractivity contribution in [3.05, 3.63) is 34.3 Å². The summed E-state index contributed by atoms with van der Waals surface area (Å²) >= 11 is 3.40. The molecule has 0 aliphatic carbocycles. The van der Waals surface area contributed by atoms with Crippen molar-refractivity contribution in [2.45, 2.75) is 38.1 Å². The van der Waals surface area contributed by atoms with Crippen LogP contribution in [0.3, 0.4) is 0 Å². The SMILES string of the molecule is O=C(CCN1CCCC1CCCO)c1cccc(Br)c1. The molecule has 0 amide bonds. The second-order valence-electron chi connectivity index (χ2n) is 5.38. The highest BCUT2D eigenvalue weighted by atomic mass is 79.9. The van der Waals surface area contributed by atoms with Crippen LogP contribution < -0.4 is 0 Å². The van der Waals surface area contributed by atoms with Gasteiger partial charge in [0.2, 0.25) is 0 Å². The van der Waals surface area contributed by atoms with Gasteiger partial charge in [0.05, 0.1) is 0 Å². The highest BCUT2D eigenvalue weighted by Crippen LogP contribution is 2.22. The van der Waals surface area contributed by atoms with Gasteiger partial charge in [-0.3, -0.25) is 9.69 Å². The van der Waals surface area contributed by atoms with Gasteiger partial charge in [0.1, 0.15) is 0 Å². The van der Waals surface area contributed by atoms with E-state index in [1.165, 1.54) is 12.8 Å². The van der Waals surface area contributed by atoms with Crippen molar-refractivity contribution in [1.29, 1.82) is 0 Å². The minimum absolute atomic E-state index is 0.208. The first-order chi connectivity index (χ1) is 9.70. The van der Waals surface area contributed by atoms with Crippen molar-refractivity contribution in [1.82, 2.24) is 4.90 Å². The molecule has 1 N–H and O–H groups in total. The standard InChI is InChI=1S/C16H22BrNO2/c17-14-5-1-4-13(12-14)16(20)8-10-18-9-2-6-15(18)7-3-11-19/h1,4-5,12,15,19H,2-3,6-11H2. The lowest BCUT2D eigenvalue weighted by Gasteiger charge is -2.23. The van der Waals surface area contributed by atoms with Gasteiger partial charge in [-0.2, -0.15) is 0 Å². The van der Waals surface area contributed by atoms with Gasteiger partial charge in [-0.15, -0.1) is 0 Å². The van der Waals surface area contributed by atoms with Gasteiger partial charge in [0, 0.05) is 35.7 Å². The van der Waals surface area contributed by atoms with Crippen LogP contribution >= 0.6 is 15.9 Å². The largest absolute Gasteiger partial charge is 0.396 e. The van der Waals surface area contributed by atoms with Crippen LogP contribution in [-0.4, -0.2) is 41.5 Å². The van der Waals surface area contributed by atoms with Crippen LogP contribution in [0.25, 0.3) is 0 Å². The predicted octanol–water partition coefficient (Wildman–Crippen LogP) is 3.26. The molecule has 1 aliphatic heterocycles. The fraction of sp³-hybridized carbons (Fsp3) is 0.562. The maximum Gasteiger partial charge on any atom is 0.164 e. The Labute approximate surface area is 129 Å². The molecule has 0 bridgehead atoms. The number of carbonyl (C=O) groups excluding carboxylic acids is 1. The second kappa shape index (κ2) is 7.91. The smallest absolute Gasteiger partial charge is 0.164 e. The van der Waals surface area contributed by atoms with Gasteiger partial charge in [-0.25, -0.2) is 0 Å². The van der Waals surface area contributed by atoms with Crippen molar-refractivity contribution in [2.75, 3.05) is 19.7 Å². The van der Waals surface area contributed by atoms with Crippen LogP contribution in [0.15, 0.2) is 28.7 Å². The van der Waals surface area contributed by atoms with Crippen molar-refractivity contribution in [3.8, 4) is 0 Å². The minimum atomic E-state index is 0.208. The monoisotopic (exact) mass is 339 g/mol. The normalized spacial score (nSPS) is 19.4. The molecule has 1 aliphatic rings. The zero-order valence-corrected chi connectivity index (χ0v) is 13.3. The van der Waals surface area contributed by atoms with E-state index in [9.17, 15) is 4.79 Å². The van der Waals surface area contributed by atoms with Crippen LogP contribution in [0, 0.1) is 0 Å². The van der Waals surface area contributed by atoms with E-state index in [2.05, 4.69) is 20.8 Å². The fourth-order valence-electron chi connectivity index (χ4n) is 2.89. The predicted molar refractivity (Wildman–Crippen MR) is 84.0 cm³/mol. The average Bonchev–Trinajstić information content (AvgIpc) is 2.90. The molecule has 0 spiro atoms.